The molecule has 1 aromatic carbocycles. The van der Waals surface area contributed by atoms with E-state index < -0.39 is 0 Å². The van der Waals surface area contributed by atoms with Gasteiger partial charge in [0.1, 0.15) is 0 Å². The normalized spacial score (nSPS) is 11.3. The van der Waals surface area contributed by atoms with Crippen LogP contribution in [0.25, 0.3) is 0 Å². The third kappa shape index (κ3) is 7.42. The van der Waals surface area contributed by atoms with Gasteiger partial charge in [0.15, 0.2) is 0 Å². The Balaban J connectivity index is 2.55. The predicted octanol–water partition coefficient (Wildman–Crippen LogP) is 2.18. The molecule has 6 nitrogen and oxygen atoms in total. The molecule has 4 N–H and O–H groups in total. The van der Waals surface area contributed by atoms with Gasteiger partial charge in [-0.25, -0.2) is 0 Å². The van der Waals surface area contributed by atoms with Crippen LogP contribution in [0.15, 0.2) is 40.5 Å². The summed E-state index contributed by atoms with van der Waals surface area (Å²) < 4.78 is 5.10. The van der Waals surface area contributed by atoms with Crippen molar-refractivity contribution < 1.29 is 9.53 Å². The number of hydrogen-bond acceptors (Lipinski definition) is 4. The topological polar surface area (TPSA) is 103 Å². The van der Waals surface area contributed by atoms with Crippen LogP contribution in [0.4, 0.5) is 0 Å². The van der Waals surface area contributed by atoms with Crippen LogP contribution in [0, 0.1) is 0 Å². The van der Waals surface area contributed by atoms with E-state index in [9.17, 15) is 4.79 Å². The van der Waals surface area contributed by atoms with Crippen molar-refractivity contribution in [2.75, 3.05) is 0 Å². The first-order valence-electron chi connectivity index (χ1n) is 7.39. The summed E-state index contributed by atoms with van der Waals surface area (Å²) in [6.07, 6.45) is 2.56. The van der Waals surface area contributed by atoms with E-state index in [1.165, 1.54) is 0 Å². The number of hydrogen-bond donors (Lipinski definition) is 2. The predicted molar refractivity (Wildman–Crippen MR) is 88.5 cm³/mol. The quantitative estimate of drug-likeness (QED) is 0.252. The summed E-state index contributed by atoms with van der Waals surface area (Å²) in [7, 11) is 0. The maximum absolute atomic E-state index is 11.5. The number of carbonyl (C=O) groups excluding carboxylic acids is 1. The van der Waals surface area contributed by atoms with Crippen molar-refractivity contribution in [1.82, 2.24) is 0 Å². The van der Waals surface area contributed by atoms with Crippen molar-refractivity contribution in [1.29, 1.82) is 0 Å². The zero-order valence-electron chi connectivity index (χ0n) is 13.2. The van der Waals surface area contributed by atoms with Gasteiger partial charge in [0, 0.05) is 6.42 Å². The maximum Gasteiger partial charge on any atom is 0.306 e. The Morgan fingerprint density at radius 2 is 1.73 bits per heavy atom. The molecule has 0 aromatic heterocycles. The molecule has 0 fully saturated rings. The fourth-order valence-electron chi connectivity index (χ4n) is 1.88. The van der Waals surface area contributed by atoms with Gasteiger partial charge in [-0.15, -0.1) is 5.10 Å². The van der Waals surface area contributed by atoms with E-state index in [-0.39, 0.29) is 18.0 Å². The standard InChI is InChI=1S/C16H24N4O2/c1-12(2)22-15(21)11-7-6-10-14(19-20-16(17)18)13-8-4-3-5-9-13/h3-5,8-9,12H,6-7,10-11H2,1-2H3,(H4,17,18,20). The van der Waals surface area contributed by atoms with Crippen LogP contribution >= 0.6 is 0 Å². The van der Waals surface area contributed by atoms with Crippen molar-refractivity contribution in [3.8, 4) is 0 Å². The van der Waals surface area contributed by atoms with Crippen LogP contribution < -0.4 is 11.5 Å². The number of nitrogens with two attached hydrogens (primary N) is 2. The Hall–Kier alpha value is -2.37. The van der Waals surface area contributed by atoms with Crippen molar-refractivity contribution in [2.24, 2.45) is 21.7 Å². The lowest BCUT2D eigenvalue weighted by Crippen LogP contribution is -2.22. The smallest absolute Gasteiger partial charge is 0.306 e. The van der Waals surface area contributed by atoms with Crippen LogP contribution in [-0.2, 0) is 9.53 Å². The van der Waals surface area contributed by atoms with Crippen LogP contribution in [0.5, 0.6) is 0 Å². The van der Waals surface area contributed by atoms with E-state index >= 15 is 0 Å². The van der Waals surface area contributed by atoms with Crippen LogP contribution in [0.1, 0.15) is 45.1 Å². The van der Waals surface area contributed by atoms with Gasteiger partial charge < -0.3 is 16.2 Å². The minimum absolute atomic E-state index is 0.0733. The van der Waals surface area contributed by atoms with Gasteiger partial charge in [-0.05, 0) is 38.7 Å². The van der Waals surface area contributed by atoms with E-state index in [2.05, 4.69) is 10.2 Å². The zero-order chi connectivity index (χ0) is 16.4. The molecule has 0 bridgehead atoms. The molecule has 0 aliphatic carbocycles. The molecular formula is C16H24N4O2. The Bertz CT molecular complexity index is 520. The summed E-state index contributed by atoms with van der Waals surface area (Å²) in [5.41, 5.74) is 12.4. The van der Waals surface area contributed by atoms with Crippen LogP contribution in [0.3, 0.4) is 0 Å². The number of ether oxygens (including phenoxy) is 1. The lowest BCUT2D eigenvalue weighted by molar-refractivity contribution is -0.147. The van der Waals surface area contributed by atoms with E-state index in [0.29, 0.717) is 12.8 Å². The summed E-state index contributed by atoms with van der Waals surface area (Å²) in [6.45, 7) is 3.68. The summed E-state index contributed by atoms with van der Waals surface area (Å²) in [5, 5.41) is 7.82. The Labute approximate surface area is 131 Å². The molecule has 0 saturated carbocycles. The Morgan fingerprint density at radius 1 is 1.09 bits per heavy atom. The average Bonchev–Trinajstić information content (AvgIpc) is 2.46. The molecule has 1 rings (SSSR count). The van der Waals surface area contributed by atoms with E-state index in [1.807, 2.05) is 44.2 Å². The molecule has 0 aliphatic heterocycles. The van der Waals surface area contributed by atoms with E-state index in [1.54, 1.807) is 0 Å². The second kappa shape index (κ2) is 9.55. The van der Waals surface area contributed by atoms with Crippen LogP contribution in [-0.4, -0.2) is 23.7 Å². The van der Waals surface area contributed by atoms with Gasteiger partial charge in [0.2, 0.25) is 5.96 Å². The monoisotopic (exact) mass is 304 g/mol. The third-order valence-electron chi connectivity index (χ3n) is 2.80. The fourth-order valence-corrected chi connectivity index (χ4v) is 1.88. The SMILES string of the molecule is CC(C)OC(=O)CCCCC(=NN=C(N)N)c1ccccc1. The van der Waals surface area contributed by atoms with Crippen molar-refractivity contribution in [3.63, 3.8) is 0 Å². The molecule has 0 unspecified atom stereocenters. The number of esters is 1. The van der Waals surface area contributed by atoms with Crippen molar-refractivity contribution in [2.45, 2.75) is 45.6 Å². The number of carbonyl (C=O) groups is 1. The van der Waals surface area contributed by atoms with E-state index in [0.717, 1.165) is 24.1 Å². The number of guanidine groups is 1. The molecule has 0 amide bonds. The van der Waals surface area contributed by atoms with Gasteiger partial charge in [-0.2, -0.15) is 5.10 Å². The molecule has 120 valence electrons. The minimum atomic E-state index is -0.169. The Morgan fingerprint density at radius 3 is 2.32 bits per heavy atom. The van der Waals surface area contributed by atoms with Crippen LogP contribution in [0.2, 0.25) is 0 Å². The molecule has 0 radical (unpaired) electrons. The molecule has 22 heavy (non-hydrogen) atoms. The second-order valence-electron chi connectivity index (χ2n) is 5.18. The van der Waals surface area contributed by atoms with Gasteiger partial charge in [-0.1, -0.05) is 30.3 Å². The molecular weight excluding hydrogens is 280 g/mol. The highest BCUT2D eigenvalue weighted by atomic mass is 16.5. The molecule has 0 saturated heterocycles. The van der Waals surface area contributed by atoms with Gasteiger partial charge in [-0.3, -0.25) is 4.79 Å². The average molecular weight is 304 g/mol. The third-order valence-corrected chi connectivity index (χ3v) is 2.80. The first-order valence-corrected chi connectivity index (χ1v) is 7.39. The summed E-state index contributed by atoms with van der Waals surface area (Å²) in [4.78, 5) is 11.5. The van der Waals surface area contributed by atoms with Gasteiger partial charge in [0.25, 0.3) is 0 Å². The first-order chi connectivity index (χ1) is 10.5. The van der Waals surface area contributed by atoms with Crippen molar-refractivity contribution in [3.05, 3.63) is 35.9 Å². The molecule has 1 aromatic rings. The molecule has 6 heteroatoms. The minimum Gasteiger partial charge on any atom is -0.463 e. The summed E-state index contributed by atoms with van der Waals surface area (Å²) in [5.74, 6) is -0.244. The first kappa shape index (κ1) is 17.7. The van der Waals surface area contributed by atoms with Gasteiger partial charge >= 0.3 is 5.97 Å². The van der Waals surface area contributed by atoms with Gasteiger partial charge in [0.05, 0.1) is 11.8 Å². The van der Waals surface area contributed by atoms with Crippen molar-refractivity contribution >= 4 is 17.6 Å². The number of unbranched alkanes of at least 4 members (excludes halogenated alkanes) is 1. The zero-order valence-corrected chi connectivity index (χ0v) is 13.2. The highest BCUT2D eigenvalue weighted by Gasteiger charge is 2.07. The highest BCUT2D eigenvalue weighted by molar-refractivity contribution is 6.00. The lowest BCUT2D eigenvalue weighted by Gasteiger charge is -2.08. The maximum atomic E-state index is 11.5. The number of nitrogens with zero attached hydrogens (tertiary/aromatic N) is 2. The Kier molecular flexibility index (Phi) is 7.67. The molecule has 0 aliphatic rings. The summed E-state index contributed by atoms with van der Waals surface area (Å²) >= 11 is 0. The number of rotatable bonds is 8. The second-order valence-corrected chi connectivity index (χ2v) is 5.18. The fraction of sp³-hybridized carbons (Fsp3) is 0.438. The molecule has 0 spiro atoms. The molecule has 0 heterocycles. The van der Waals surface area contributed by atoms with E-state index in [4.69, 9.17) is 16.2 Å². The lowest BCUT2D eigenvalue weighted by atomic mass is 10.0. The molecule has 0 atom stereocenters. The highest BCUT2D eigenvalue weighted by Crippen LogP contribution is 2.10. The number of benzene rings is 1. The summed E-state index contributed by atoms with van der Waals surface area (Å²) in [6, 6.07) is 9.70. The largest absolute Gasteiger partial charge is 0.463 e.